The predicted octanol–water partition coefficient (Wildman–Crippen LogP) is 6.69. The maximum absolute atomic E-state index is 3.35. The van der Waals surface area contributed by atoms with Crippen molar-refractivity contribution in [3.63, 3.8) is 0 Å². The van der Waals surface area contributed by atoms with Gasteiger partial charge in [-0.05, 0) is 0 Å². The van der Waals surface area contributed by atoms with Crippen LogP contribution in [0.1, 0.15) is 25.9 Å². The molecule has 0 saturated heterocycles. The zero-order valence-electron chi connectivity index (χ0n) is 17.3. The maximum atomic E-state index is 2.76. The summed E-state index contributed by atoms with van der Waals surface area (Å²) in [6.07, 6.45) is 6.07. The van der Waals surface area contributed by atoms with Gasteiger partial charge in [0.1, 0.15) is 0 Å². The Kier molecular flexibility index (Phi) is 4.13. The summed E-state index contributed by atoms with van der Waals surface area (Å²) >= 11 is -3.35. The average Bonchev–Trinajstić information content (AvgIpc) is 3.30. The Labute approximate surface area is 170 Å². The van der Waals surface area contributed by atoms with E-state index in [1.165, 1.54) is 22.3 Å². The van der Waals surface area contributed by atoms with Crippen LogP contribution in [0, 0.1) is 0 Å². The van der Waals surface area contributed by atoms with Crippen molar-refractivity contribution in [2.75, 3.05) is 0 Å². The first-order valence-electron chi connectivity index (χ1n) is 10.4. The fourth-order valence-electron chi connectivity index (χ4n) is 5.63. The van der Waals surface area contributed by atoms with E-state index in [1.54, 1.807) is 14.4 Å². The van der Waals surface area contributed by atoms with Crippen molar-refractivity contribution in [2.24, 2.45) is 0 Å². The number of fused-ring (bicyclic) bond motifs is 4. The van der Waals surface area contributed by atoms with Gasteiger partial charge in [0.25, 0.3) is 0 Å². The molecule has 2 heteroatoms. The number of hydrogen-bond acceptors (Lipinski definition) is 0. The first-order valence-corrected chi connectivity index (χ1v) is 24.1. The van der Waals surface area contributed by atoms with E-state index in [1.807, 2.05) is 0 Å². The second-order valence-corrected chi connectivity index (χ2v) is 43.2. The molecule has 0 nitrogen and oxygen atoms in total. The molecule has 5 rings (SSSR count). The minimum atomic E-state index is -3.35. The molecule has 0 saturated carbocycles. The van der Waals surface area contributed by atoms with Gasteiger partial charge < -0.3 is 0 Å². The Morgan fingerprint density at radius 2 is 1.54 bits per heavy atom. The number of benzene rings is 3. The molecule has 0 radical (unpaired) electrons. The van der Waals surface area contributed by atoms with E-state index in [0.29, 0.717) is 3.63 Å². The Bertz CT molecular complexity index is 1220. The van der Waals surface area contributed by atoms with Crippen LogP contribution in [0.3, 0.4) is 0 Å². The minimum absolute atomic E-state index is 0.496. The SMILES string of the molecule is C[Si](C)=[Zr]([CH3])([CH3])([c]1cccc2c1Cc1ccccc1-2)[CH]1C=Cc2ccccc21. The molecule has 1 atom stereocenters. The number of allylic oxidation sites excluding steroid dienone is 1. The van der Waals surface area contributed by atoms with Crippen LogP contribution >= 0.6 is 0 Å². The molecule has 0 aliphatic heterocycles. The molecule has 3 aromatic carbocycles. The fraction of sp³-hybridized carbons (Fsp3) is 0.231. The van der Waals surface area contributed by atoms with Gasteiger partial charge >= 0.3 is 171 Å². The third kappa shape index (κ3) is 2.37. The third-order valence-electron chi connectivity index (χ3n) is 7.95. The van der Waals surface area contributed by atoms with E-state index in [-0.39, 0.29) is 0 Å². The van der Waals surface area contributed by atoms with Gasteiger partial charge in [-0.15, -0.1) is 0 Å². The van der Waals surface area contributed by atoms with Crippen LogP contribution in [0.2, 0.25) is 22.4 Å². The van der Waals surface area contributed by atoms with Crippen LogP contribution < -0.4 is 3.27 Å². The van der Waals surface area contributed by atoms with Crippen molar-refractivity contribution in [1.82, 2.24) is 0 Å². The Morgan fingerprint density at radius 1 is 0.821 bits per heavy atom. The van der Waals surface area contributed by atoms with Crippen LogP contribution in [0.5, 0.6) is 0 Å². The zero-order chi connectivity index (χ0) is 19.5. The Balaban J connectivity index is 1.81. The van der Waals surface area contributed by atoms with Crippen molar-refractivity contribution in [2.45, 2.75) is 32.4 Å². The Hall–Kier alpha value is -1.50. The topological polar surface area (TPSA) is 0 Å². The van der Waals surface area contributed by atoms with Crippen LogP contribution in [0.4, 0.5) is 0 Å². The van der Waals surface area contributed by atoms with Crippen LogP contribution in [-0.2, 0) is 23.8 Å². The van der Waals surface area contributed by atoms with E-state index in [4.69, 9.17) is 0 Å². The van der Waals surface area contributed by atoms with E-state index in [0.717, 1.165) is 6.42 Å². The molecule has 0 bridgehead atoms. The van der Waals surface area contributed by atoms with Crippen LogP contribution in [0.15, 0.2) is 72.8 Å². The van der Waals surface area contributed by atoms with Crippen molar-refractivity contribution < 1.29 is 17.4 Å². The molecule has 140 valence electrons. The number of rotatable bonds is 2. The van der Waals surface area contributed by atoms with Gasteiger partial charge in [-0.1, -0.05) is 0 Å². The summed E-state index contributed by atoms with van der Waals surface area (Å²) in [5.74, 6) is 0. The second kappa shape index (κ2) is 6.25. The average molecular weight is 460 g/mol. The van der Waals surface area contributed by atoms with Crippen molar-refractivity contribution in [3.05, 3.63) is 95.1 Å². The summed E-state index contributed by atoms with van der Waals surface area (Å²) in [4.78, 5) is 0. The normalized spacial score (nSPS) is 17.2. The van der Waals surface area contributed by atoms with Crippen molar-refractivity contribution in [1.29, 1.82) is 0 Å². The first-order chi connectivity index (χ1) is 13.4. The van der Waals surface area contributed by atoms with Crippen LogP contribution in [-0.4, -0.2) is 5.43 Å². The molecule has 0 amide bonds. The molecule has 3 aromatic rings. The first kappa shape index (κ1) is 18.5. The van der Waals surface area contributed by atoms with Gasteiger partial charge in [0.2, 0.25) is 0 Å². The monoisotopic (exact) mass is 458 g/mol. The van der Waals surface area contributed by atoms with Gasteiger partial charge in [-0.2, -0.15) is 0 Å². The molecular weight excluding hydrogens is 432 g/mol. The van der Waals surface area contributed by atoms with Gasteiger partial charge in [-0.25, -0.2) is 0 Å². The second-order valence-electron chi connectivity index (χ2n) is 9.62. The number of hydrogen-bond donors (Lipinski definition) is 0. The summed E-state index contributed by atoms with van der Waals surface area (Å²) in [5, 5.41) is 0. The van der Waals surface area contributed by atoms with Gasteiger partial charge in [0.15, 0.2) is 0 Å². The molecule has 28 heavy (non-hydrogen) atoms. The fourth-order valence-corrected chi connectivity index (χ4v) is 28.0. The van der Waals surface area contributed by atoms with E-state index in [9.17, 15) is 0 Å². The summed E-state index contributed by atoms with van der Waals surface area (Å²) in [5.41, 5.74) is 8.63. The van der Waals surface area contributed by atoms with Crippen LogP contribution in [0.25, 0.3) is 17.2 Å². The standard InChI is InChI=1S/C13H9.C9H7.C2H6Si.2CH3.Zr/c1-3-7-12-10(5-1)9-11-6-2-4-8-13(11)12;1-2-5-9-7-3-6-8(9)4-1;1-3-2;;;/h1-5,7-8H,9H2;1-7H;1-2H3;2*1H3;. The molecule has 2 aliphatic carbocycles. The third-order valence-corrected chi connectivity index (χ3v) is 48.2. The van der Waals surface area contributed by atoms with Gasteiger partial charge in [-0.3, -0.25) is 0 Å². The predicted molar refractivity (Wildman–Crippen MR) is 122 cm³/mol. The van der Waals surface area contributed by atoms with E-state index in [2.05, 4.69) is 101 Å². The molecule has 0 fully saturated rings. The summed E-state index contributed by atoms with van der Waals surface area (Å²) in [7, 11) is 0. The summed E-state index contributed by atoms with van der Waals surface area (Å²) in [6.45, 7) is 5.18. The molecular formula is C26H28SiZr. The molecule has 0 spiro atoms. The molecule has 0 aromatic heterocycles. The molecule has 0 heterocycles. The van der Waals surface area contributed by atoms with Gasteiger partial charge in [0.05, 0.1) is 0 Å². The molecule has 0 N–H and O–H groups in total. The Morgan fingerprint density at radius 3 is 2.36 bits per heavy atom. The van der Waals surface area contributed by atoms with E-state index < -0.39 is 22.8 Å². The zero-order valence-corrected chi connectivity index (χ0v) is 20.7. The van der Waals surface area contributed by atoms with E-state index >= 15 is 0 Å². The quantitative estimate of drug-likeness (QED) is 0.293. The summed E-state index contributed by atoms with van der Waals surface area (Å²) in [6, 6.07) is 25.3. The van der Waals surface area contributed by atoms with Crippen molar-refractivity contribution >= 4 is 14.8 Å². The van der Waals surface area contributed by atoms with Crippen molar-refractivity contribution in [3.8, 4) is 11.1 Å². The summed E-state index contributed by atoms with van der Waals surface area (Å²) < 4.78 is 7.90. The van der Waals surface area contributed by atoms with Gasteiger partial charge in [0, 0.05) is 0 Å². The molecule has 1 unspecified atom stereocenters. The molecule has 2 aliphatic rings.